The first-order valence-corrected chi connectivity index (χ1v) is 9.94. The Morgan fingerprint density at radius 2 is 1.86 bits per heavy atom. The molecule has 0 unspecified atom stereocenters. The Morgan fingerprint density at radius 3 is 2.50 bits per heavy atom. The molecule has 4 rings (SSSR count). The number of aromatic nitrogens is 2. The fourth-order valence-corrected chi connectivity index (χ4v) is 4.17. The molecule has 1 saturated heterocycles. The molecule has 0 bridgehead atoms. The molecular weight excluding hydrogens is 366 g/mol. The number of hydrogen-bond donors (Lipinski definition) is 1. The number of aryl methyl sites for hydroxylation is 1. The SMILES string of the molecule is CCn1cccc1[C@@H]1[C@H](c2ccccn2)NC(=S)N1c1ccc(N(C)C)cc1. The van der Waals surface area contributed by atoms with E-state index in [2.05, 4.69) is 80.3 Å². The average Bonchev–Trinajstić information content (AvgIpc) is 3.32. The summed E-state index contributed by atoms with van der Waals surface area (Å²) in [7, 11) is 4.09. The molecule has 144 valence electrons. The summed E-state index contributed by atoms with van der Waals surface area (Å²) < 4.78 is 2.28. The second kappa shape index (κ2) is 7.64. The molecular formula is C22H25N5S. The lowest BCUT2D eigenvalue weighted by Gasteiger charge is -2.29. The molecule has 1 aliphatic heterocycles. The highest BCUT2D eigenvalue weighted by atomic mass is 32.1. The molecule has 5 nitrogen and oxygen atoms in total. The standard InChI is InChI=1S/C22H25N5S/c1-4-26-15-7-9-19(26)21-20(18-8-5-6-14-23-18)24-22(28)27(21)17-12-10-16(11-13-17)25(2)3/h5-15,20-21H,4H2,1-3H3,(H,24,28)/t20-,21+/m0/s1. The van der Waals surface area contributed by atoms with Crippen LogP contribution >= 0.6 is 12.2 Å². The molecule has 0 saturated carbocycles. The van der Waals surface area contributed by atoms with Gasteiger partial charge in [-0.1, -0.05) is 6.07 Å². The van der Waals surface area contributed by atoms with Gasteiger partial charge in [0.1, 0.15) is 6.04 Å². The summed E-state index contributed by atoms with van der Waals surface area (Å²) in [4.78, 5) is 8.93. The molecule has 0 amide bonds. The van der Waals surface area contributed by atoms with Crippen LogP contribution in [0.4, 0.5) is 11.4 Å². The average molecular weight is 392 g/mol. The molecule has 2 aromatic heterocycles. The van der Waals surface area contributed by atoms with E-state index in [1.54, 1.807) is 0 Å². The number of thiocarbonyl (C=S) groups is 1. The molecule has 1 aromatic carbocycles. The van der Waals surface area contributed by atoms with Crippen LogP contribution < -0.4 is 15.1 Å². The van der Waals surface area contributed by atoms with Gasteiger partial charge in [0.05, 0.1) is 11.7 Å². The highest BCUT2D eigenvalue weighted by molar-refractivity contribution is 7.80. The topological polar surface area (TPSA) is 36.3 Å². The number of rotatable bonds is 5. The van der Waals surface area contributed by atoms with Crippen LogP contribution in [0.3, 0.4) is 0 Å². The van der Waals surface area contributed by atoms with E-state index >= 15 is 0 Å². The number of hydrogen-bond acceptors (Lipinski definition) is 3. The lowest BCUT2D eigenvalue weighted by molar-refractivity contribution is 0.529. The molecule has 0 radical (unpaired) electrons. The summed E-state index contributed by atoms with van der Waals surface area (Å²) in [6, 6.07) is 18.9. The summed E-state index contributed by atoms with van der Waals surface area (Å²) >= 11 is 5.78. The number of pyridine rings is 1. The van der Waals surface area contributed by atoms with Gasteiger partial charge >= 0.3 is 0 Å². The molecule has 2 atom stereocenters. The largest absolute Gasteiger partial charge is 0.378 e. The molecule has 3 aromatic rings. The van der Waals surface area contributed by atoms with Crippen molar-refractivity contribution >= 4 is 28.7 Å². The van der Waals surface area contributed by atoms with E-state index < -0.39 is 0 Å². The monoisotopic (exact) mass is 391 g/mol. The predicted molar refractivity (Wildman–Crippen MR) is 119 cm³/mol. The van der Waals surface area contributed by atoms with Gasteiger partial charge in [0.25, 0.3) is 0 Å². The molecule has 3 heterocycles. The van der Waals surface area contributed by atoms with E-state index in [-0.39, 0.29) is 12.1 Å². The molecule has 28 heavy (non-hydrogen) atoms. The second-order valence-corrected chi connectivity index (χ2v) is 7.51. The van der Waals surface area contributed by atoms with Crippen LogP contribution in [0.2, 0.25) is 0 Å². The Labute approximate surface area is 171 Å². The molecule has 1 N–H and O–H groups in total. The Kier molecular flexibility index (Phi) is 5.05. The van der Waals surface area contributed by atoms with Gasteiger partial charge in [-0.2, -0.15) is 0 Å². The minimum absolute atomic E-state index is 0.0116. The van der Waals surface area contributed by atoms with Crippen LogP contribution in [0.25, 0.3) is 0 Å². The van der Waals surface area contributed by atoms with Crippen LogP contribution in [0, 0.1) is 0 Å². The summed E-state index contributed by atoms with van der Waals surface area (Å²) in [6.45, 7) is 3.07. The fraction of sp³-hybridized carbons (Fsp3) is 0.273. The van der Waals surface area contributed by atoms with Crippen molar-refractivity contribution in [1.29, 1.82) is 0 Å². The van der Waals surface area contributed by atoms with Crippen LogP contribution in [-0.4, -0.2) is 28.8 Å². The van der Waals surface area contributed by atoms with E-state index in [0.29, 0.717) is 0 Å². The molecule has 1 fully saturated rings. The zero-order valence-corrected chi connectivity index (χ0v) is 17.2. The first-order chi connectivity index (χ1) is 13.6. The summed E-state index contributed by atoms with van der Waals surface area (Å²) in [5.74, 6) is 0. The third kappa shape index (κ3) is 3.24. The molecule has 0 spiro atoms. The smallest absolute Gasteiger partial charge is 0.174 e. The highest BCUT2D eigenvalue weighted by Gasteiger charge is 2.41. The third-order valence-electron chi connectivity index (χ3n) is 5.25. The van der Waals surface area contributed by atoms with Crippen molar-refractivity contribution in [1.82, 2.24) is 14.9 Å². The number of nitrogens with one attached hydrogen (secondary N) is 1. The van der Waals surface area contributed by atoms with Gasteiger partial charge in [0.2, 0.25) is 0 Å². The first-order valence-electron chi connectivity index (χ1n) is 9.53. The predicted octanol–water partition coefficient (Wildman–Crippen LogP) is 4.15. The van der Waals surface area contributed by atoms with Gasteiger partial charge in [-0.3, -0.25) is 4.98 Å². The van der Waals surface area contributed by atoms with Crippen LogP contribution in [0.1, 0.15) is 30.4 Å². The maximum Gasteiger partial charge on any atom is 0.174 e. The van der Waals surface area contributed by atoms with E-state index in [4.69, 9.17) is 12.2 Å². The quantitative estimate of drug-likeness (QED) is 0.662. The zero-order chi connectivity index (χ0) is 19.7. The lowest BCUT2D eigenvalue weighted by Crippen LogP contribution is -2.30. The summed E-state index contributed by atoms with van der Waals surface area (Å²) in [5, 5.41) is 4.24. The molecule has 1 aliphatic rings. The van der Waals surface area contributed by atoms with Gasteiger partial charge < -0.3 is 19.7 Å². The van der Waals surface area contributed by atoms with Crippen LogP contribution in [0.5, 0.6) is 0 Å². The van der Waals surface area contributed by atoms with Gasteiger partial charge in [0, 0.05) is 50.1 Å². The Hall–Kier alpha value is -2.86. The van der Waals surface area contributed by atoms with Crippen molar-refractivity contribution in [2.45, 2.75) is 25.6 Å². The highest BCUT2D eigenvalue weighted by Crippen LogP contribution is 2.41. The Bertz CT molecular complexity index is 949. The van der Waals surface area contributed by atoms with Crippen molar-refractivity contribution in [3.63, 3.8) is 0 Å². The minimum Gasteiger partial charge on any atom is -0.378 e. The summed E-state index contributed by atoms with van der Waals surface area (Å²) in [6.07, 6.45) is 3.96. The van der Waals surface area contributed by atoms with E-state index in [9.17, 15) is 0 Å². The van der Waals surface area contributed by atoms with Gasteiger partial charge in [-0.15, -0.1) is 0 Å². The maximum absolute atomic E-state index is 5.78. The second-order valence-electron chi connectivity index (χ2n) is 7.13. The maximum atomic E-state index is 5.78. The van der Waals surface area contributed by atoms with Crippen molar-refractivity contribution in [3.05, 3.63) is 78.4 Å². The number of benzene rings is 1. The Balaban J connectivity index is 1.80. The van der Waals surface area contributed by atoms with E-state index in [1.165, 1.54) is 5.69 Å². The minimum atomic E-state index is -0.0116. The van der Waals surface area contributed by atoms with Crippen LogP contribution in [0.15, 0.2) is 67.0 Å². The van der Waals surface area contributed by atoms with Gasteiger partial charge in [0.15, 0.2) is 5.11 Å². The van der Waals surface area contributed by atoms with Crippen molar-refractivity contribution < 1.29 is 0 Å². The van der Waals surface area contributed by atoms with Crippen LogP contribution in [-0.2, 0) is 6.54 Å². The Morgan fingerprint density at radius 1 is 1.07 bits per heavy atom. The number of nitrogens with zero attached hydrogens (tertiary/aromatic N) is 4. The fourth-order valence-electron chi connectivity index (χ4n) is 3.83. The van der Waals surface area contributed by atoms with Gasteiger partial charge in [-0.25, -0.2) is 0 Å². The third-order valence-corrected chi connectivity index (χ3v) is 5.57. The summed E-state index contributed by atoms with van der Waals surface area (Å²) in [5.41, 5.74) is 4.46. The van der Waals surface area contributed by atoms with Crippen molar-refractivity contribution in [2.24, 2.45) is 0 Å². The normalized spacial score (nSPS) is 19.0. The number of anilines is 2. The van der Waals surface area contributed by atoms with Crippen molar-refractivity contribution in [2.75, 3.05) is 23.9 Å². The van der Waals surface area contributed by atoms with Crippen molar-refractivity contribution in [3.8, 4) is 0 Å². The molecule has 0 aliphatic carbocycles. The van der Waals surface area contributed by atoms with E-state index in [0.717, 1.165) is 28.7 Å². The zero-order valence-electron chi connectivity index (χ0n) is 16.4. The lowest BCUT2D eigenvalue weighted by atomic mass is 10.0. The van der Waals surface area contributed by atoms with Gasteiger partial charge in [-0.05, 0) is 67.7 Å². The van der Waals surface area contributed by atoms with E-state index in [1.807, 2.05) is 32.4 Å². The first kappa shape index (κ1) is 18.5. The molecule has 6 heteroatoms.